The maximum Gasteiger partial charge on any atom is 0.258 e. The third kappa shape index (κ3) is 4.06. The van der Waals surface area contributed by atoms with Crippen molar-refractivity contribution in [3.05, 3.63) is 88.4 Å². The number of carbonyl (C=O) groups excluding carboxylic acids is 1. The molecule has 4 atom stereocenters. The summed E-state index contributed by atoms with van der Waals surface area (Å²) in [5.74, 6) is -1.46. The van der Waals surface area contributed by atoms with Crippen LogP contribution >= 0.6 is 0 Å². The van der Waals surface area contributed by atoms with Crippen LogP contribution in [0.1, 0.15) is 30.8 Å². The highest BCUT2D eigenvalue weighted by molar-refractivity contribution is 5.80. The summed E-state index contributed by atoms with van der Waals surface area (Å²) in [5.41, 5.74) is 1.77. The molecule has 0 spiro atoms. The summed E-state index contributed by atoms with van der Waals surface area (Å²) in [7, 11) is 0. The lowest BCUT2D eigenvalue weighted by Gasteiger charge is -2.38. The number of nitrogens with zero attached hydrogens (tertiary/aromatic N) is 3. The van der Waals surface area contributed by atoms with Crippen molar-refractivity contribution in [1.82, 2.24) is 19.8 Å². The first kappa shape index (κ1) is 23.4. The van der Waals surface area contributed by atoms with Crippen molar-refractivity contribution < 1.29 is 14.3 Å². The molecule has 1 fully saturated rings. The normalized spacial score (nSPS) is 23.2. The van der Waals surface area contributed by atoms with E-state index in [0.717, 1.165) is 24.4 Å². The molecule has 8 heteroatoms. The Balaban J connectivity index is 1.54. The Bertz CT molecular complexity index is 1280. The van der Waals surface area contributed by atoms with Crippen molar-refractivity contribution in [2.45, 2.75) is 38.5 Å². The molecule has 1 saturated heterocycles. The molecule has 0 saturated carbocycles. The Morgan fingerprint density at radius 2 is 1.94 bits per heavy atom. The molecule has 2 bridgehead atoms. The summed E-state index contributed by atoms with van der Waals surface area (Å²) in [6.07, 6.45) is 2.56. The van der Waals surface area contributed by atoms with Crippen molar-refractivity contribution in [3.8, 4) is 11.1 Å². The molecule has 35 heavy (non-hydrogen) atoms. The number of pyridine rings is 2. The average molecular weight is 477 g/mol. The second-order valence-corrected chi connectivity index (χ2v) is 9.23. The lowest BCUT2D eigenvalue weighted by atomic mass is 9.86. The summed E-state index contributed by atoms with van der Waals surface area (Å²) < 4.78 is 16.2. The molecule has 1 aromatic carbocycles. The first-order chi connectivity index (χ1) is 17.0. The van der Waals surface area contributed by atoms with Crippen LogP contribution in [0.2, 0.25) is 0 Å². The van der Waals surface area contributed by atoms with Gasteiger partial charge in [-0.05, 0) is 43.3 Å². The second-order valence-electron chi connectivity index (χ2n) is 9.23. The Hall–Kier alpha value is -3.36. The number of aliphatic hydroxyl groups is 1. The number of aliphatic hydroxyl groups excluding tert-OH is 1. The van der Waals surface area contributed by atoms with Crippen molar-refractivity contribution in [1.29, 1.82) is 0 Å². The van der Waals surface area contributed by atoms with E-state index >= 15 is 0 Å². The monoisotopic (exact) mass is 476 g/mol. The van der Waals surface area contributed by atoms with Gasteiger partial charge in [-0.1, -0.05) is 31.2 Å². The number of hydrogen-bond acceptors (Lipinski definition) is 5. The largest absolute Gasteiger partial charge is 0.396 e. The minimum absolute atomic E-state index is 0.161. The van der Waals surface area contributed by atoms with Crippen molar-refractivity contribution in [3.63, 3.8) is 0 Å². The molecule has 0 unspecified atom stereocenters. The molecule has 7 nitrogen and oxygen atoms in total. The number of amides is 1. The van der Waals surface area contributed by atoms with Crippen LogP contribution in [0.3, 0.4) is 0 Å². The zero-order chi connectivity index (χ0) is 24.5. The highest BCUT2D eigenvalue weighted by Gasteiger charge is 2.55. The van der Waals surface area contributed by atoms with E-state index in [4.69, 9.17) is 0 Å². The van der Waals surface area contributed by atoms with E-state index in [2.05, 4.69) is 22.1 Å². The smallest absolute Gasteiger partial charge is 0.258 e. The molecule has 5 rings (SSSR count). The predicted molar refractivity (Wildman–Crippen MR) is 130 cm³/mol. The first-order valence-corrected chi connectivity index (χ1v) is 12.1. The number of hydrogen-bond donors (Lipinski definition) is 2. The number of carbonyl (C=O) groups is 1. The SMILES string of the molecule is CCCN1[C@@H]2Cn3c(ccc(-c4ccccc4F)c3=O)[C@H]1[C@@H](C(=O)NCc1ccccn1)[C@@H]2CO. The minimum atomic E-state index is -0.521. The molecular formula is C27H29FN4O3. The standard InChI is InChI=1S/C27H29FN4O3/c1-2-13-31-23-15-32-22(11-10-19(27(32)35)18-8-3-4-9-21(18)28)25(31)24(20(23)16-33)26(34)30-14-17-7-5-6-12-29-17/h3-12,20,23-25,33H,2,13-16H2,1H3,(H,30,34)/t20-,23-,24+,25+/m1/s1. The van der Waals surface area contributed by atoms with E-state index in [0.29, 0.717) is 18.7 Å². The summed E-state index contributed by atoms with van der Waals surface area (Å²) in [6.45, 7) is 3.30. The highest BCUT2D eigenvalue weighted by atomic mass is 19.1. The minimum Gasteiger partial charge on any atom is -0.396 e. The van der Waals surface area contributed by atoms with E-state index < -0.39 is 11.7 Å². The van der Waals surface area contributed by atoms with Crippen LogP contribution in [0.25, 0.3) is 11.1 Å². The molecule has 182 valence electrons. The van der Waals surface area contributed by atoms with E-state index in [1.54, 1.807) is 35.0 Å². The van der Waals surface area contributed by atoms with Gasteiger partial charge < -0.3 is 15.0 Å². The van der Waals surface area contributed by atoms with Gasteiger partial charge in [-0.2, -0.15) is 0 Å². The number of aromatic nitrogens is 2. The van der Waals surface area contributed by atoms with Gasteiger partial charge in [-0.3, -0.25) is 19.5 Å². The van der Waals surface area contributed by atoms with Gasteiger partial charge in [0.2, 0.25) is 5.91 Å². The summed E-state index contributed by atoms with van der Waals surface area (Å²) >= 11 is 0. The summed E-state index contributed by atoms with van der Waals surface area (Å²) in [6, 6.07) is 14.8. The van der Waals surface area contributed by atoms with Crippen molar-refractivity contribution in [2.75, 3.05) is 13.2 Å². The Kier molecular flexibility index (Phi) is 6.49. The van der Waals surface area contributed by atoms with Gasteiger partial charge >= 0.3 is 0 Å². The number of fused-ring (bicyclic) bond motifs is 4. The van der Waals surface area contributed by atoms with Gasteiger partial charge in [-0.15, -0.1) is 0 Å². The van der Waals surface area contributed by atoms with E-state index in [-0.39, 0.29) is 41.6 Å². The van der Waals surface area contributed by atoms with Gasteiger partial charge in [0, 0.05) is 42.6 Å². The molecule has 2 aliphatic rings. The molecule has 0 radical (unpaired) electrons. The third-order valence-corrected chi connectivity index (χ3v) is 7.29. The van der Waals surface area contributed by atoms with Crippen molar-refractivity contribution >= 4 is 5.91 Å². The molecule has 0 aliphatic carbocycles. The quantitative estimate of drug-likeness (QED) is 0.548. The predicted octanol–water partition coefficient (Wildman–Crippen LogP) is 2.74. The van der Waals surface area contributed by atoms with Crippen LogP contribution in [-0.4, -0.2) is 44.7 Å². The van der Waals surface area contributed by atoms with E-state index in [1.807, 2.05) is 24.3 Å². The second kappa shape index (κ2) is 9.71. The Labute approximate surface area is 203 Å². The summed E-state index contributed by atoms with van der Waals surface area (Å²) in [5, 5.41) is 13.4. The molecule has 2 aliphatic heterocycles. The Morgan fingerprint density at radius 1 is 1.14 bits per heavy atom. The fourth-order valence-corrected chi connectivity index (χ4v) is 5.77. The zero-order valence-electron chi connectivity index (χ0n) is 19.6. The maximum absolute atomic E-state index is 14.5. The number of benzene rings is 1. The topological polar surface area (TPSA) is 87.5 Å². The highest BCUT2D eigenvalue weighted by Crippen LogP contribution is 2.48. The van der Waals surface area contributed by atoms with Crippen LogP contribution in [0.15, 0.2) is 65.6 Å². The third-order valence-electron chi connectivity index (χ3n) is 7.29. The molecular weight excluding hydrogens is 447 g/mol. The maximum atomic E-state index is 14.5. The fraction of sp³-hybridized carbons (Fsp3) is 0.370. The van der Waals surface area contributed by atoms with Gasteiger partial charge in [0.05, 0.1) is 29.8 Å². The van der Waals surface area contributed by atoms with Gasteiger partial charge in [-0.25, -0.2) is 4.39 Å². The van der Waals surface area contributed by atoms with Gasteiger partial charge in [0.15, 0.2) is 0 Å². The van der Waals surface area contributed by atoms with Gasteiger partial charge in [0.1, 0.15) is 5.82 Å². The number of rotatable bonds is 7. The zero-order valence-corrected chi connectivity index (χ0v) is 19.6. The van der Waals surface area contributed by atoms with Crippen LogP contribution in [0.5, 0.6) is 0 Å². The van der Waals surface area contributed by atoms with Crippen LogP contribution < -0.4 is 10.9 Å². The van der Waals surface area contributed by atoms with E-state index in [1.165, 1.54) is 6.07 Å². The first-order valence-electron chi connectivity index (χ1n) is 12.1. The van der Waals surface area contributed by atoms with E-state index in [9.17, 15) is 19.1 Å². The van der Waals surface area contributed by atoms with Gasteiger partial charge in [0.25, 0.3) is 5.56 Å². The van der Waals surface area contributed by atoms with Crippen LogP contribution in [0, 0.1) is 17.7 Å². The van der Waals surface area contributed by atoms with Crippen LogP contribution in [0.4, 0.5) is 4.39 Å². The molecule has 1 amide bonds. The lowest BCUT2D eigenvalue weighted by Crippen LogP contribution is -2.47. The van der Waals surface area contributed by atoms with Crippen LogP contribution in [-0.2, 0) is 17.9 Å². The van der Waals surface area contributed by atoms with Crippen molar-refractivity contribution in [2.24, 2.45) is 11.8 Å². The number of nitrogens with one attached hydrogen (secondary N) is 1. The molecule has 2 aromatic heterocycles. The lowest BCUT2D eigenvalue weighted by molar-refractivity contribution is -0.127. The fourth-order valence-electron chi connectivity index (χ4n) is 5.77. The Morgan fingerprint density at radius 3 is 2.66 bits per heavy atom. The molecule has 4 heterocycles. The average Bonchev–Trinajstić information content (AvgIpc) is 3.08. The number of halogens is 1. The molecule has 3 aromatic rings. The summed E-state index contributed by atoms with van der Waals surface area (Å²) in [4.78, 5) is 33.6. The molecule has 2 N–H and O–H groups in total.